The molecule has 0 saturated heterocycles. The average molecular weight is 481 g/mol. The van der Waals surface area contributed by atoms with Crippen molar-refractivity contribution in [3.63, 3.8) is 0 Å². The molecule has 1 unspecified atom stereocenters. The molecule has 1 saturated carbocycles. The molecule has 0 bridgehead atoms. The molecule has 34 heavy (non-hydrogen) atoms. The van der Waals surface area contributed by atoms with E-state index in [-0.39, 0.29) is 16.3 Å². The molecule has 0 radical (unpaired) electrons. The summed E-state index contributed by atoms with van der Waals surface area (Å²) in [6, 6.07) is 10.4. The number of fused-ring (bicyclic) bond motifs is 1. The van der Waals surface area contributed by atoms with Gasteiger partial charge in [-0.3, -0.25) is 10.1 Å². The average Bonchev–Trinajstić information content (AvgIpc) is 3.49. The highest BCUT2D eigenvalue weighted by Gasteiger charge is 2.26. The second-order valence-electron chi connectivity index (χ2n) is 8.14. The Bertz CT molecular complexity index is 1390. The number of anilines is 2. The number of nitro groups is 1. The number of hydrogen-bond donors (Lipinski definition) is 2. The summed E-state index contributed by atoms with van der Waals surface area (Å²) in [5.74, 6) is -0.335. The van der Waals surface area contributed by atoms with Gasteiger partial charge in [-0.05, 0) is 30.5 Å². The fraction of sp³-hybridized carbons (Fsp3) is 0.217. The Hall–Kier alpha value is -3.70. The molecule has 0 aliphatic heterocycles. The van der Waals surface area contributed by atoms with E-state index in [4.69, 9.17) is 5.73 Å². The molecule has 174 valence electrons. The van der Waals surface area contributed by atoms with Crippen LogP contribution >= 0.6 is 0 Å². The largest absolute Gasteiger partial charge is 0.588 e. The van der Waals surface area contributed by atoms with Crippen molar-refractivity contribution in [2.45, 2.75) is 36.6 Å². The van der Waals surface area contributed by atoms with Gasteiger partial charge in [0.15, 0.2) is 5.82 Å². The maximum atomic E-state index is 15.1. The minimum atomic E-state index is -2.03. The summed E-state index contributed by atoms with van der Waals surface area (Å²) in [6.07, 6.45) is 7.75. The van der Waals surface area contributed by atoms with Gasteiger partial charge in [0.1, 0.15) is 34.8 Å². The van der Waals surface area contributed by atoms with E-state index < -0.39 is 22.1 Å². The Morgan fingerprint density at radius 1 is 1.18 bits per heavy atom. The van der Waals surface area contributed by atoms with Crippen LogP contribution in [0.15, 0.2) is 59.9 Å². The van der Waals surface area contributed by atoms with Crippen LogP contribution in [-0.4, -0.2) is 24.0 Å². The second-order valence-corrected chi connectivity index (χ2v) is 9.32. The van der Waals surface area contributed by atoms with Crippen LogP contribution in [0.5, 0.6) is 0 Å². The zero-order valence-corrected chi connectivity index (χ0v) is 18.8. The van der Waals surface area contributed by atoms with Crippen molar-refractivity contribution in [3.05, 3.63) is 70.9 Å². The zero-order chi connectivity index (χ0) is 23.8. The predicted octanol–water partition coefficient (Wildman–Crippen LogP) is 4.98. The summed E-state index contributed by atoms with van der Waals surface area (Å²) in [4.78, 5) is 19.1. The first kappa shape index (κ1) is 22.1. The fourth-order valence-corrected chi connectivity index (χ4v) is 5.48. The maximum Gasteiger partial charge on any atom is 0.326 e. The molecule has 0 spiro atoms. The van der Waals surface area contributed by atoms with Crippen LogP contribution in [0.3, 0.4) is 0 Å². The molecule has 2 aromatic carbocycles. The van der Waals surface area contributed by atoms with E-state index in [0.717, 1.165) is 31.3 Å². The van der Waals surface area contributed by atoms with Crippen molar-refractivity contribution < 1.29 is 13.9 Å². The smallest absolute Gasteiger partial charge is 0.326 e. The van der Waals surface area contributed by atoms with Gasteiger partial charge in [-0.1, -0.05) is 31.0 Å². The van der Waals surface area contributed by atoms with Crippen LogP contribution in [0, 0.1) is 15.9 Å². The maximum absolute atomic E-state index is 15.1. The van der Waals surface area contributed by atoms with E-state index in [0.29, 0.717) is 28.4 Å². The molecule has 1 aliphatic rings. The van der Waals surface area contributed by atoms with Gasteiger partial charge in [-0.25, -0.2) is 19.1 Å². The molecule has 3 N–H and O–H groups in total. The second kappa shape index (κ2) is 8.92. The number of para-hydroxylation sites is 1. The highest BCUT2D eigenvalue weighted by atomic mass is 32.2. The van der Waals surface area contributed by atoms with Gasteiger partial charge in [0, 0.05) is 29.9 Å². The SMILES string of the molecule is Nc1ncnc2c1c(-c1ccc(N[S+]([O-])c3ccccc3[N+](=O)[O-])c(F)c1)cn2C1CCCC1. The summed E-state index contributed by atoms with van der Waals surface area (Å²) in [5.41, 5.74) is 7.84. The van der Waals surface area contributed by atoms with Crippen molar-refractivity contribution >= 4 is 39.6 Å². The molecule has 0 amide bonds. The minimum absolute atomic E-state index is 0.0380. The van der Waals surface area contributed by atoms with Crippen LogP contribution in [0.2, 0.25) is 0 Å². The van der Waals surface area contributed by atoms with Crippen molar-refractivity contribution in [2.24, 2.45) is 0 Å². The van der Waals surface area contributed by atoms with Crippen molar-refractivity contribution in [1.82, 2.24) is 14.5 Å². The predicted molar refractivity (Wildman–Crippen MR) is 128 cm³/mol. The summed E-state index contributed by atoms with van der Waals surface area (Å²) < 4.78 is 32.4. The number of nitrogens with one attached hydrogen (secondary N) is 1. The number of rotatable bonds is 6. The standard InChI is InChI=1S/C23H21FN6O3S/c24-17-11-14(9-10-18(17)28-34(33)20-8-4-3-7-19(20)30(31)32)16-12-29(15-5-1-2-6-15)23-21(16)22(25)26-13-27-23/h3-4,7-13,15,28H,1-2,5-6H2,(H2,25,26,27). The van der Waals surface area contributed by atoms with E-state index in [1.807, 2.05) is 6.20 Å². The lowest BCUT2D eigenvalue weighted by molar-refractivity contribution is -0.387. The van der Waals surface area contributed by atoms with Gasteiger partial charge < -0.3 is 14.9 Å². The van der Waals surface area contributed by atoms with Crippen LogP contribution < -0.4 is 10.5 Å². The number of halogens is 1. The molecule has 9 nitrogen and oxygen atoms in total. The fourth-order valence-electron chi connectivity index (χ4n) is 4.47. The lowest BCUT2D eigenvalue weighted by atomic mass is 10.1. The number of nitro benzene ring substituents is 1. The van der Waals surface area contributed by atoms with E-state index in [9.17, 15) is 14.7 Å². The van der Waals surface area contributed by atoms with Crippen molar-refractivity contribution in [2.75, 3.05) is 10.5 Å². The van der Waals surface area contributed by atoms with Crippen LogP contribution in [0.4, 0.5) is 21.6 Å². The first-order valence-corrected chi connectivity index (χ1v) is 11.9. The number of nitrogens with two attached hydrogens (primary N) is 1. The molecular formula is C23H21FN6O3S. The normalized spacial score (nSPS) is 15.0. The van der Waals surface area contributed by atoms with E-state index in [1.165, 1.54) is 42.7 Å². The Kier molecular flexibility index (Phi) is 5.80. The molecule has 1 aliphatic carbocycles. The van der Waals surface area contributed by atoms with Crippen LogP contribution in [0.25, 0.3) is 22.2 Å². The monoisotopic (exact) mass is 480 g/mol. The molecule has 1 atom stereocenters. The third-order valence-corrected chi connectivity index (χ3v) is 7.25. The number of benzene rings is 2. The molecule has 11 heteroatoms. The summed E-state index contributed by atoms with van der Waals surface area (Å²) >= 11 is -2.03. The molecule has 1 fully saturated rings. The van der Waals surface area contributed by atoms with Gasteiger partial charge in [-0.2, -0.15) is 0 Å². The quantitative estimate of drug-likeness (QED) is 0.226. The molecule has 5 rings (SSSR count). The van der Waals surface area contributed by atoms with Gasteiger partial charge in [0.05, 0.1) is 10.3 Å². The van der Waals surface area contributed by atoms with E-state index in [1.54, 1.807) is 6.07 Å². The highest BCUT2D eigenvalue weighted by molar-refractivity contribution is 7.92. The first-order chi connectivity index (χ1) is 16.4. The number of aromatic nitrogens is 3. The summed E-state index contributed by atoms with van der Waals surface area (Å²) in [6.45, 7) is 0. The molecule has 4 aromatic rings. The third kappa shape index (κ3) is 3.93. The summed E-state index contributed by atoms with van der Waals surface area (Å²) in [5, 5.41) is 11.9. The van der Waals surface area contributed by atoms with Gasteiger partial charge in [-0.15, -0.1) is 0 Å². The highest BCUT2D eigenvalue weighted by Crippen LogP contribution is 2.39. The van der Waals surface area contributed by atoms with E-state index >= 15 is 4.39 Å². The minimum Gasteiger partial charge on any atom is -0.588 e. The lowest BCUT2D eigenvalue weighted by Crippen LogP contribution is -2.15. The Balaban J connectivity index is 1.50. The van der Waals surface area contributed by atoms with Crippen LogP contribution in [-0.2, 0) is 11.4 Å². The number of nitrogen functional groups attached to an aromatic ring is 1. The Labute approximate surface area is 197 Å². The number of hydrogen-bond acceptors (Lipinski definition) is 7. The number of nitrogens with zero attached hydrogens (tertiary/aromatic N) is 4. The third-order valence-electron chi connectivity index (χ3n) is 6.10. The summed E-state index contributed by atoms with van der Waals surface area (Å²) in [7, 11) is 0. The lowest BCUT2D eigenvalue weighted by Gasteiger charge is -2.13. The first-order valence-electron chi connectivity index (χ1n) is 10.8. The van der Waals surface area contributed by atoms with Gasteiger partial charge in [0.25, 0.3) is 4.90 Å². The van der Waals surface area contributed by atoms with Crippen LogP contribution in [0.1, 0.15) is 31.7 Å². The molecule has 2 heterocycles. The molecular weight excluding hydrogens is 459 g/mol. The topological polar surface area (TPSA) is 135 Å². The van der Waals surface area contributed by atoms with Gasteiger partial charge in [0.2, 0.25) is 0 Å². The molecule has 2 aromatic heterocycles. The van der Waals surface area contributed by atoms with Gasteiger partial charge >= 0.3 is 5.69 Å². The van der Waals surface area contributed by atoms with E-state index in [2.05, 4.69) is 19.3 Å². The Morgan fingerprint density at radius 3 is 2.68 bits per heavy atom. The zero-order valence-electron chi connectivity index (χ0n) is 18.0. The Morgan fingerprint density at radius 2 is 1.94 bits per heavy atom. The van der Waals surface area contributed by atoms with Crippen molar-refractivity contribution in [3.8, 4) is 11.1 Å². The van der Waals surface area contributed by atoms with Crippen molar-refractivity contribution in [1.29, 1.82) is 0 Å².